The van der Waals surface area contributed by atoms with Crippen LogP contribution in [0.5, 0.6) is 0 Å². The molecule has 0 saturated carbocycles. The Morgan fingerprint density at radius 2 is 2.32 bits per heavy atom. The van der Waals surface area contributed by atoms with Crippen molar-refractivity contribution in [3.05, 3.63) is 16.1 Å². The second kappa shape index (κ2) is 6.12. The van der Waals surface area contributed by atoms with Crippen LogP contribution in [0.4, 0.5) is 0 Å². The molecule has 1 unspecified atom stereocenters. The fourth-order valence-electron chi connectivity index (χ4n) is 3.03. The van der Waals surface area contributed by atoms with Crippen LogP contribution in [0.3, 0.4) is 0 Å². The molecule has 2 saturated heterocycles. The lowest BCUT2D eigenvalue weighted by Gasteiger charge is -2.43. The Morgan fingerprint density at radius 1 is 1.47 bits per heavy atom. The molecule has 0 radical (unpaired) electrons. The smallest absolute Gasteiger partial charge is 0.0897 e. The molecule has 0 aromatic carbocycles. The van der Waals surface area contributed by atoms with Crippen molar-refractivity contribution in [1.82, 2.24) is 10.3 Å². The first kappa shape index (κ1) is 13.9. The third kappa shape index (κ3) is 3.51. The molecule has 19 heavy (non-hydrogen) atoms. The van der Waals surface area contributed by atoms with Crippen LogP contribution in [0, 0.1) is 6.92 Å². The molecule has 0 amide bonds. The lowest BCUT2D eigenvalue weighted by molar-refractivity contribution is -0.0933. The van der Waals surface area contributed by atoms with Gasteiger partial charge in [0.25, 0.3) is 0 Å². The molecule has 1 aromatic heterocycles. The molecule has 1 aromatic rings. The molecule has 2 fully saturated rings. The van der Waals surface area contributed by atoms with Gasteiger partial charge in [-0.15, -0.1) is 11.3 Å². The van der Waals surface area contributed by atoms with Gasteiger partial charge in [-0.3, -0.25) is 0 Å². The van der Waals surface area contributed by atoms with E-state index in [1.807, 2.05) is 6.20 Å². The van der Waals surface area contributed by atoms with Crippen molar-refractivity contribution in [3.8, 4) is 0 Å². The summed E-state index contributed by atoms with van der Waals surface area (Å²) in [5.74, 6) is 2.53. The van der Waals surface area contributed by atoms with E-state index < -0.39 is 0 Å². The summed E-state index contributed by atoms with van der Waals surface area (Å²) >= 11 is 3.86. The van der Waals surface area contributed by atoms with Crippen LogP contribution in [0.1, 0.15) is 35.6 Å². The number of aromatic nitrogens is 1. The largest absolute Gasteiger partial charge is 0.375 e. The Hall–Kier alpha value is -0.100. The third-order valence-electron chi connectivity index (χ3n) is 4.13. The van der Waals surface area contributed by atoms with Gasteiger partial charge < -0.3 is 10.1 Å². The van der Waals surface area contributed by atoms with Gasteiger partial charge in [-0.2, -0.15) is 11.8 Å². The van der Waals surface area contributed by atoms with Gasteiger partial charge in [0.1, 0.15) is 0 Å². The molecular weight excluding hydrogens is 276 g/mol. The molecule has 1 atom stereocenters. The first-order valence-corrected chi connectivity index (χ1v) is 9.09. The first-order valence-electron chi connectivity index (χ1n) is 7.12. The lowest BCUT2D eigenvalue weighted by atomic mass is 9.85. The zero-order valence-corrected chi connectivity index (χ0v) is 13.1. The lowest BCUT2D eigenvalue weighted by Crippen LogP contribution is -2.48. The van der Waals surface area contributed by atoms with Gasteiger partial charge >= 0.3 is 0 Å². The number of nitrogens with one attached hydrogen (secondary N) is 1. The highest BCUT2D eigenvalue weighted by Crippen LogP contribution is 2.37. The van der Waals surface area contributed by atoms with E-state index in [9.17, 15) is 0 Å². The molecule has 0 bridgehead atoms. The highest BCUT2D eigenvalue weighted by molar-refractivity contribution is 7.99. The van der Waals surface area contributed by atoms with Gasteiger partial charge in [0.15, 0.2) is 0 Å². The van der Waals surface area contributed by atoms with E-state index in [0.717, 1.165) is 24.6 Å². The molecule has 106 valence electrons. The summed E-state index contributed by atoms with van der Waals surface area (Å²) in [6.45, 7) is 3.95. The second-order valence-corrected chi connectivity index (χ2v) is 8.10. The average Bonchev–Trinajstić information content (AvgIpc) is 2.83. The predicted octanol–water partition coefficient (Wildman–Crippen LogP) is 2.99. The number of thioether (sulfide) groups is 1. The van der Waals surface area contributed by atoms with Gasteiger partial charge in [0.05, 0.1) is 10.6 Å². The fraction of sp³-hybridized carbons (Fsp3) is 0.786. The molecule has 2 aliphatic heterocycles. The molecule has 1 spiro atoms. The van der Waals surface area contributed by atoms with Crippen molar-refractivity contribution < 1.29 is 4.74 Å². The quantitative estimate of drug-likeness (QED) is 0.930. The summed E-state index contributed by atoms with van der Waals surface area (Å²) in [5, 5.41) is 4.86. The molecule has 0 aliphatic carbocycles. The fourth-order valence-corrected chi connectivity index (χ4v) is 5.01. The molecule has 3 heterocycles. The summed E-state index contributed by atoms with van der Waals surface area (Å²) in [7, 11) is 0. The number of ether oxygens (including phenoxy) is 1. The van der Waals surface area contributed by atoms with Crippen molar-refractivity contribution in [2.45, 2.75) is 50.8 Å². The highest BCUT2D eigenvalue weighted by Gasteiger charge is 2.38. The Balaban J connectivity index is 1.53. The molecule has 3 rings (SSSR count). The van der Waals surface area contributed by atoms with Gasteiger partial charge in [-0.05, 0) is 44.1 Å². The van der Waals surface area contributed by atoms with E-state index in [1.165, 1.54) is 35.6 Å². The van der Waals surface area contributed by atoms with E-state index in [0.29, 0.717) is 6.04 Å². The number of thiazole rings is 1. The molecular formula is C14H22N2OS2. The summed E-state index contributed by atoms with van der Waals surface area (Å²) in [6, 6.07) is 0.610. The zero-order valence-electron chi connectivity index (χ0n) is 11.5. The molecule has 1 N–H and O–H groups in total. The Kier molecular flexibility index (Phi) is 4.47. The summed E-state index contributed by atoms with van der Waals surface area (Å²) in [6.07, 6.45) is 6.79. The standard InChI is InChI=1S/C14H22N2OS2/c1-11-15-9-13(19-11)10-16-12-2-5-17-14(8-12)3-6-18-7-4-14/h9,12,16H,2-8,10H2,1H3. The van der Waals surface area contributed by atoms with E-state index in [4.69, 9.17) is 4.74 Å². The molecule has 2 aliphatic rings. The van der Waals surface area contributed by atoms with Crippen LogP contribution in [0.15, 0.2) is 6.20 Å². The maximum atomic E-state index is 6.13. The zero-order chi connectivity index (χ0) is 13.1. The van der Waals surface area contributed by atoms with Gasteiger partial charge in [-0.25, -0.2) is 4.98 Å². The topological polar surface area (TPSA) is 34.2 Å². The van der Waals surface area contributed by atoms with Crippen LogP contribution in [-0.4, -0.2) is 34.7 Å². The second-order valence-electron chi connectivity index (χ2n) is 5.56. The maximum Gasteiger partial charge on any atom is 0.0897 e. The van der Waals surface area contributed by atoms with Crippen LogP contribution in [0.2, 0.25) is 0 Å². The van der Waals surface area contributed by atoms with E-state index in [-0.39, 0.29) is 5.60 Å². The number of rotatable bonds is 3. The Morgan fingerprint density at radius 3 is 3.05 bits per heavy atom. The maximum absolute atomic E-state index is 6.13. The minimum absolute atomic E-state index is 0.185. The van der Waals surface area contributed by atoms with E-state index >= 15 is 0 Å². The number of nitrogens with zero attached hydrogens (tertiary/aromatic N) is 1. The van der Waals surface area contributed by atoms with Crippen molar-refractivity contribution in [3.63, 3.8) is 0 Å². The summed E-state index contributed by atoms with van der Waals surface area (Å²) < 4.78 is 6.13. The van der Waals surface area contributed by atoms with E-state index in [2.05, 4.69) is 29.0 Å². The monoisotopic (exact) mass is 298 g/mol. The van der Waals surface area contributed by atoms with Crippen molar-refractivity contribution >= 4 is 23.1 Å². The number of aryl methyl sites for hydroxylation is 1. The highest BCUT2D eigenvalue weighted by atomic mass is 32.2. The minimum atomic E-state index is 0.185. The summed E-state index contributed by atoms with van der Waals surface area (Å²) in [4.78, 5) is 5.66. The van der Waals surface area contributed by atoms with Gasteiger partial charge in [0.2, 0.25) is 0 Å². The summed E-state index contributed by atoms with van der Waals surface area (Å²) in [5.41, 5.74) is 0.185. The van der Waals surface area contributed by atoms with Crippen molar-refractivity contribution in [2.24, 2.45) is 0 Å². The van der Waals surface area contributed by atoms with E-state index in [1.54, 1.807) is 11.3 Å². The van der Waals surface area contributed by atoms with Gasteiger partial charge in [0, 0.05) is 30.3 Å². The molecule has 5 heteroatoms. The first-order chi connectivity index (χ1) is 9.26. The van der Waals surface area contributed by atoms with Crippen molar-refractivity contribution in [1.29, 1.82) is 0 Å². The number of hydrogen-bond acceptors (Lipinski definition) is 5. The van der Waals surface area contributed by atoms with Crippen LogP contribution >= 0.6 is 23.1 Å². The Bertz CT molecular complexity index is 410. The normalized spacial score (nSPS) is 26.7. The SMILES string of the molecule is Cc1ncc(CNC2CCOC3(CCSCC3)C2)s1. The van der Waals surface area contributed by atoms with Gasteiger partial charge in [-0.1, -0.05) is 0 Å². The Labute approximate surface area is 123 Å². The van der Waals surface area contributed by atoms with Crippen LogP contribution in [0.25, 0.3) is 0 Å². The molecule has 3 nitrogen and oxygen atoms in total. The van der Waals surface area contributed by atoms with Crippen molar-refractivity contribution in [2.75, 3.05) is 18.1 Å². The van der Waals surface area contributed by atoms with Crippen LogP contribution in [-0.2, 0) is 11.3 Å². The van der Waals surface area contributed by atoms with Crippen LogP contribution < -0.4 is 5.32 Å². The average molecular weight is 298 g/mol. The predicted molar refractivity (Wildman–Crippen MR) is 82.0 cm³/mol. The third-order valence-corrected chi connectivity index (χ3v) is 6.03. The minimum Gasteiger partial charge on any atom is -0.375 e. The number of hydrogen-bond donors (Lipinski definition) is 1.